The molecular formula is C14H19N3O4. The van der Waals surface area contributed by atoms with Gasteiger partial charge in [0, 0.05) is 24.7 Å². The van der Waals surface area contributed by atoms with Gasteiger partial charge in [0.25, 0.3) is 5.56 Å². The smallest absolute Gasteiger partial charge is 0.351 e. The summed E-state index contributed by atoms with van der Waals surface area (Å²) >= 11 is 0. The van der Waals surface area contributed by atoms with E-state index >= 15 is 0 Å². The van der Waals surface area contributed by atoms with E-state index in [1.807, 2.05) is 6.92 Å². The summed E-state index contributed by atoms with van der Waals surface area (Å²) in [6, 6.07) is 3.05. The van der Waals surface area contributed by atoms with Crippen molar-refractivity contribution in [3.8, 4) is 0 Å². The van der Waals surface area contributed by atoms with Crippen LogP contribution in [0.3, 0.4) is 0 Å². The molecular weight excluding hydrogens is 274 g/mol. The van der Waals surface area contributed by atoms with Gasteiger partial charge in [0.1, 0.15) is 11.9 Å². The SMILES string of the molecule is CC[C@@H](CO)O[C@H](C)n1cc2ccc(=O)n(C)c2nc1=O. The fraction of sp³-hybridized carbons (Fsp3) is 0.500. The number of aliphatic hydroxyl groups is 1. The number of hydrogen-bond donors (Lipinski definition) is 1. The first-order valence-electron chi connectivity index (χ1n) is 6.83. The molecule has 0 bridgehead atoms. The van der Waals surface area contributed by atoms with Crippen LogP contribution in [-0.2, 0) is 11.8 Å². The molecule has 0 saturated heterocycles. The summed E-state index contributed by atoms with van der Waals surface area (Å²) in [5.74, 6) is 0. The van der Waals surface area contributed by atoms with Gasteiger partial charge in [-0.2, -0.15) is 4.98 Å². The molecule has 2 atom stereocenters. The van der Waals surface area contributed by atoms with Crippen LogP contribution in [0.2, 0.25) is 0 Å². The zero-order valence-corrected chi connectivity index (χ0v) is 12.3. The predicted octanol–water partition coefficient (Wildman–Crippen LogP) is 0.401. The number of aryl methyl sites for hydroxylation is 1. The summed E-state index contributed by atoms with van der Waals surface area (Å²) in [5, 5.41) is 9.83. The molecule has 1 N–H and O–H groups in total. The van der Waals surface area contributed by atoms with Crippen molar-refractivity contribution in [3.63, 3.8) is 0 Å². The Morgan fingerprint density at radius 2 is 2.10 bits per heavy atom. The maximum atomic E-state index is 12.1. The molecule has 0 radical (unpaired) electrons. The first-order valence-corrected chi connectivity index (χ1v) is 6.83. The van der Waals surface area contributed by atoms with Gasteiger partial charge in [-0.25, -0.2) is 4.79 Å². The standard InChI is InChI=1S/C14H19N3O4/c1-4-11(8-18)21-9(2)17-7-10-5-6-12(19)16(3)13(10)15-14(17)20/h5-7,9,11,18H,4,8H2,1-3H3/t9-,11+/m1/s1. The van der Waals surface area contributed by atoms with Crippen LogP contribution in [0.1, 0.15) is 26.5 Å². The van der Waals surface area contributed by atoms with E-state index in [2.05, 4.69) is 4.98 Å². The highest BCUT2D eigenvalue weighted by Gasteiger charge is 2.15. The second-order valence-corrected chi connectivity index (χ2v) is 4.89. The van der Waals surface area contributed by atoms with Crippen molar-refractivity contribution < 1.29 is 9.84 Å². The molecule has 0 amide bonds. The minimum absolute atomic E-state index is 0.106. The minimum atomic E-state index is -0.552. The van der Waals surface area contributed by atoms with Crippen LogP contribution in [-0.4, -0.2) is 31.9 Å². The molecule has 114 valence electrons. The van der Waals surface area contributed by atoms with Crippen LogP contribution < -0.4 is 11.2 Å². The van der Waals surface area contributed by atoms with Gasteiger partial charge in [-0.1, -0.05) is 6.92 Å². The molecule has 0 unspecified atom stereocenters. The Kier molecular flexibility index (Phi) is 4.54. The van der Waals surface area contributed by atoms with Crippen molar-refractivity contribution in [2.75, 3.05) is 6.61 Å². The Morgan fingerprint density at radius 1 is 1.38 bits per heavy atom. The van der Waals surface area contributed by atoms with Gasteiger partial charge in [-0.3, -0.25) is 13.9 Å². The number of nitrogens with zero attached hydrogens (tertiary/aromatic N) is 3. The summed E-state index contributed by atoms with van der Waals surface area (Å²) in [6.45, 7) is 3.51. The molecule has 0 aliphatic heterocycles. The van der Waals surface area contributed by atoms with Crippen LogP contribution in [0.5, 0.6) is 0 Å². The minimum Gasteiger partial charge on any atom is -0.394 e. The summed E-state index contributed by atoms with van der Waals surface area (Å²) in [5.41, 5.74) is -0.378. The topological polar surface area (TPSA) is 86.3 Å². The third-order valence-electron chi connectivity index (χ3n) is 3.45. The molecule has 7 heteroatoms. The lowest BCUT2D eigenvalue weighted by Crippen LogP contribution is -2.31. The maximum absolute atomic E-state index is 12.1. The largest absolute Gasteiger partial charge is 0.394 e. The predicted molar refractivity (Wildman–Crippen MR) is 78.2 cm³/mol. The molecule has 2 rings (SSSR count). The van der Waals surface area contributed by atoms with Crippen LogP contribution >= 0.6 is 0 Å². The average molecular weight is 293 g/mol. The van der Waals surface area contributed by atoms with E-state index in [0.29, 0.717) is 17.5 Å². The molecule has 21 heavy (non-hydrogen) atoms. The summed E-state index contributed by atoms with van der Waals surface area (Å²) in [4.78, 5) is 27.6. The number of aliphatic hydroxyl groups excluding tert-OH is 1. The second-order valence-electron chi connectivity index (χ2n) is 4.89. The van der Waals surface area contributed by atoms with Gasteiger partial charge >= 0.3 is 5.69 Å². The first-order chi connectivity index (χ1) is 9.97. The first kappa shape index (κ1) is 15.4. The fourth-order valence-corrected chi connectivity index (χ4v) is 2.11. The molecule has 0 aliphatic carbocycles. The zero-order valence-electron chi connectivity index (χ0n) is 12.3. The van der Waals surface area contributed by atoms with Crippen molar-refractivity contribution in [1.82, 2.24) is 14.1 Å². The van der Waals surface area contributed by atoms with Gasteiger partial charge < -0.3 is 9.84 Å². The summed E-state index contributed by atoms with van der Waals surface area (Å²) in [6.07, 6.45) is 1.37. The number of fused-ring (bicyclic) bond motifs is 1. The monoisotopic (exact) mass is 293 g/mol. The zero-order chi connectivity index (χ0) is 15.6. The summed E-state index contributed by atoms with van der Waals surface area (Å²) in [7, 11) is 1.57. The molecule has 0 aromatic carbocycles. The van der Waals surface area contributed by atoms with E-state index in [4.69, 9.17) is 9.84 Å². The Hall–Kier alpha value is -1.99. The highest BCUT2D eigenvalue weighted by Crippen LogP contribution is 2.13. The Labute approximate surface area is 121 Å². The third kappa shape index (κ3) is 3.03. The van der Waals surface area contributed by atoms with Gasteiger partial charge in [0.2, 0.25) is 0 Å². The molecule has 2 aromatic heterocycles. The van der Waals surface area contributed by atoms with Crippen molar-refractivity contribution in [3.05, 3.63) is 39.2 Å². The Bertz CT molecular complexity index is 746. The van der Waals surface area contributed by atoms with Crippen LogP contribution in [0.15, 0.2) is 27.9 Å². The third-order valence-corrected chi connectivity index (χ3v) is 3.45. The van der Waals surface area contributed by atoms with Crippen molar-refractivity contribution in [2.24, 2.45) is 7.05 Å². The normalized spacial score (nSPS) is 14.3. The molecule has 0 aliphatic rings. The lowest BCUT2D eigenvalue weighted by molar-refractivity contribution is -0.0680. The second kappa shape index (κ2) is 6.19. The van der Waals surface area contributed by atoms with Crippen LogP contribution in [0, 0.1) is 0 Å². The van der Waals surface area contributed by atoms with E-state index in [-0.39, 0.29) is 18.3 Å². The quantitative estimate of drug-likeness (QED) is 0.862. The van der Waals surface area contributed by atoms with Crippen molar-refractivity contribution in [2.45, 2.75) is 32.6 Å². The van der Waals surface area contributed by atoms with Gasteiger partial charge in [0.15, 0.2) is 0 Å². The van der Waals surface area contributed by atoms with Gasteiger partial charge in [-0.15, -0.1) is 0 Å². The molecule has 2 aromatic rings. The van der Waals surface area contributed by atoms with Crippen LogP contribution in [0.25, 0.3) is 11.0 Å². The van der Waals surface area contributed by atoms with Gasteiger partial charge in [-0.05, 0) is 19.4 Å². The average Bonchev–Trinajstić information content (AvgIpc) is 2.48. The fourth-order valence-electron chi connectivity index (χ4n) is 2.11. The summed E-state index contributed by atoms with van der Waals surface area (Å²) < 4.78 is 8.30. The van der Waals surface area contributed by atoms with E-state index in [1.54, 1.807) is 26.2 Å². The highest BCUT2D eigenvalue weighted by molar-refractivity contribution is 5.73. The van der Waals surface area contributed by atoms with E-state index in [0.717, 1.165) is 0 Å². The van der Waals surface area contributed by atoms with Crippen molar-refractivity contribution in [1.29, 1.82) is 0 Å². The van der Waals surface area contributed by atoms with E-state index in [1.165, 1.54) is 15.2 Å². The molecule has 2 heterocycles. The highest BCUT2D eigenvalue weighted by atomic mass is 16.5. The molecule has 7 nitrogen and oxygen atoms in total. The lowest BCUT2D eigenvalue weighted by Gasteiger charge is -2.21. The maximum Gasteiger partial charge on any atom is 0.351 e. The number of pyridine rings is 1. The number of rotatable bonds is 5. The Balaban J connectivity index is 2.46. The number of ether oxygens (including phenoxy) is 1. The Morgan fingerprint density at radius 3 is 2.71 bits per heavy atom. The van der Waals surface area contributed by atoms with E-state index in [9.17, 15) is 9.59 Å². The van der Waals surface area contributed by atoms with Crippen LogP contribution in [0.4, 0.5) is 0 Å². The molecule has 0 saturated carbocycles. The number of aromatic nitrogens is 3. The van der Waals surface area contributed by atoms with Crippen molar-refractivity contribution >= 4 is 11.0 Å². The van der Waals surface area contributed by atoms with Gasteiger partial charge in [0.05, 0.1) is 12.7 Å². The number of hydrogen-bond acceptors (Lipinski definition) is 5. The van der Waals surface area contributed by atoms with E-state index < -0.39 is 11.9 Å². The lowest BCUT2D eigenvalue weighted by atomic mass is 10.3. The molecule has 0 fully saturated rings. The molecule has 0 spiro atoms.